The standard InChI is InChI=1S/C15H21ClN2O4S/c1-10(2)9-23(21,22)7-6-15(20)18-12-4-5-13(16)14(8-12)17-11(3)19/h4-5,8,10H,6-7,9H2,1-3H3,(H,17,19)(H,18,20). The molecule has 1 aromatic carbocycles. The molecule has 0 fully saturated rings. The Labute approximate surface area is 141 Å². The van der Waals surface area contributed by atoms with Crippen LogP contribution in [0.1, 0.15) is 27.2 Å². The molecule has 0 aromatic heterocycles. The van der Waals surface area contributed by atoms with Gasteiger partial charge in [0.25, 0.3) is 0 Å². The average Bonchev–Trinajstić information content (AvgIpc) is 2.38. The monoisotopic (exact) mass is 360 g/mol. The SMILES string of the molecule is CC(=O)Nc1cc(NC(=O)CCS(=O)(=O)CC(C)C)ccc1Cl. The summed E-state index contributed by atoms with van der Waals surface area (Å²) in [5, 5.41) is 5.49. The Morgan fingerprint density at radius 1 is 1.22 bits per heavy atom. The summed E-state index contributed by atoms with van der Waals surface area (Å²) < 4.78 is 23.5. The topological polar surface area (TPSA) is 92.3 Å². The zero-order valence-corrected chi connectivity index (χ0v) is 14.9. The lowest BCUT2D eigenvalue weighted by atomic mass is 10.2. The van der Waals surface area contributed by atoms with E-state index in [0.29, 0.717) is 16.4 Å². The molecule has 8 heteroatoms. The number of sulfone groups is 1. The first kappa shape index (κ1) is 19.4. The fourth-order valence-electron chi connectivity index (χ4n) is 1.95. The first-order chi connectivity index (χ1) is 10.6. The molecule has 6 nitrogen and oxygen atoms in total. The van der Waals surface area contributed by atoms with E-state index < -0.39 is 15.7 Å². The van der Waals surface area contributed by atoms with Gasteiger partial charge in [0.05, 0.1) is 22.2 Å². The highest BCUT2D eigenvalue weighted by Gasteiger charge is 2.15. The summed E-state index contributed by atoms with van der Waals surface area (Å²) in [7, 11) is -3.24. The predicted octanol–water partition coefficient (Wildman–Crippen LogP) is 2.70. The Morgan fingerprint density at radius 2 is 1.87 bits per heavy atom. The van der Waals surface area contributed by atoms with Gasteiger partial charge in [-0.3, -0.25) is 9.59 Å². The summed E-state index contributed by atoms with van der Waals surface area (Å²) in [6.45, 7) is 4.98. The van der Waals surface area contributed by atoms with Crippen molar-refractivity contribution in [3.63, 3.8) is 0 Å². The maximum atomic E-state index is 11.9. The third-order valence-corrected chi connectivity index (χ3v) is 5.12. The zero-order valence-electron chi connectivity index (χ0n) is 13.3. The van der Waals surface area contributed by atoms with Gasteiger partial charge in [-0.25, -0.2) is 8.42 Å². The molecule has 0 unspecified atom stereocenters. The Kier molecular flexibility index (Phi) is 7.02. The fraction of sp³-hybridized carbons (Fsp3) is 0.467. The van der Waals surface area contributed by atoms with Crippen molar-refractivity contribution in [2.45, 2.75) is 27.2 Å². The van der Waals surface area contributed by atoms with Gasteiger partial charge in [0.15, 0.2) is 9.84 Å². The third kappa shape index (κ3) is 7.47. The van der Waals surface area contributed by atoms with Crippen LogP contribution in [0.3, 0.4) is 0 Å². The van der Waals surface area contributed by atoms with Gasteiger partial charge in [0, 0.05) is 19.0 Å². The Balaban J connectivity index is 2.66. The molecule has 0 saturated heterocycles. The molecule has 0 aliphatic rings. The number of amides is 2. The Hall–Kier alpha value is -1.60. The van der Waals surface area contributed by atoms with Crippen LogP contribution in [-0.4, -0.2) is 31.7 Å². The maximum absolute atomic E-state index is 11.9. The molecule has 0 heterocycles. The zero-order chi connectivity index (χ0) is 17.6. The molecular formula is C15H21ClN2O4S. The van der Waals surface area contributed by atoms with E-state index in [4.69, 9.17) is 11.6 Å². The summed E-state index contributed by atoms with van der Waals surface area (Å²) in [6.07, 6.45) is -0.118. The van der Waals surface area contributed by atoms with Crippen molar-refractivity contribution in [2.75, 3.05) is 22.1 Å². The van der Waals surface area contributed by atoms with Crippen molar-refractivity contribution >= 4 is 44.6 Å². The smallest absolute Gasteiger partial charge is 0.225 e. The van der Waals surface area contributed by atoms with Gasteiger partial charge in [-0.05, 0) is 24.1 Å². The lowest BCUT2D eigenvalue weighted by molar-refractivity contribution is -0.116. The van der Waals surface area contributed by atoms with Crippen LogP contribution in [0, 0.1) is 5.92 Å². The van der Waals surface area contributed by atoms with Crippen molar-refractivity contribution in [1.82, 2.24) is 0 Å². The highest BCUT2D eigenvalue weighted by molar-refractivity contribution is 7.91. The fourth-order valence-corrected chi connectivity index (χ4v) is 3.79. The van der Waals surface area contributed by atoms with Crippen LogP contribution < -0.4 is 10.6 Å². The lowest BCUT2D eigenvalue weighted by Gasteiger charge is -2.10. The molecule has 2 amide bonds. The van der Waals surface area contributed by atoms with Gasteiger partial charge in [-0.15, -0.1) is 0 Å². The number of hydrogen-bond acceptors (Lipinski definition) is 4. The number of halogens is 1. The van der Waals surface area contributed by atoms with Gasteiger partial charge >= 0.3 is 0 Å². The van der Waals surface area contributed by atoms with Crippen molar-refractivity contribution in [1.29, 1.82) is 0 Å². The van der Waals surface area contributed by atoms with Crippen LogP contribution in [0.4, 0.5) is 11.4 Å². The van der Waals surface area contributed by atoms with Crippen molar-refractivity contribution in [3.05, 3.63) is 23.2 Å². The molecule has 0 aliphatic heterocycles. The molecule has 2 N–H and O–H groups in total. The third-order valence-electron chi connectivity index (χ3n) is 2.79. The highest BCUT2D eigenvalue weighted by atomic mass is 35.5. The normalized spacial score (nSPS) is 11.3. The first-order valence-corrected chi connectivity index (χ1v) is 9.36. The number of carbonyl (C=O) groups excluding carboxylic acids is 2. The number of carbonyl (C=O) groups is 2. The van der Waals surface area contributed by atoms with E-state index in [0.717, 1.165) is 0 Å². The van der Waals surface area contributed by atoms with E-state index in [-0.39, 0.29) is 29.8 Å². The summed E-state index contributed by atoms with van der Waals surface area (Å²) in [5.41, 5.74) is 0.814. The predicted molar refractivity (Wildman–Crippen MR) is 92.5 cm³/mol. The molecule has 0 spiro atoms. The minimum atomic E-state index is -3.24. The number of hydrogen-bond donors (Lipinski definition) is 2. The van der Waals surface area contributed by atoms with Gasteiger partial charge in [-0.1, -0.05) is 25.4 Å². The quantitative estimate of drug-likeness (QED) is 0.781. The summed E-state index contributed by atoms with van der Waals surface area (Å²) >= 11 is 5.94. The van der Waals surface area contributed by atoms with E-state index in [1.54, 1.807) is 6.07 Å². The van der Waals surface area contributed by atoms with Gasteiger partial charge < -0.3 is 10.6 Å². The van der Waals surface area contributed by atoms with Crippen LogP contribution in [0.2, 0.25) is 5.02 Å². The summed E-state index contributed by atoms with van der Waals surface area (Å²) in [6, 6.07) is 4.64. The molecule has 0 saturated carbocycles. The number of rotatable bonds is 7. The van der Waals surface area contributed by atoms with Gasteiger partial charge in [0.1, 0.15) is 0 Å². The second-order valence-electron chi connectivity index (χ2n) is 5.68. The van der Waals surface area contributed by atoms with E-state index in [2.05, 4.69) is 10.6 Å². The van der Waals surface area contributed by atoms with Crippen LogP contribution in [0.25, 0.3) is 0 Å². The minimum absolute atomic E-state index is 0.0274. The molecule has 0 aliphatic carbocycles. The van der Waals surface area contributed by atoms with Crippen LogP contribution in [-0.2, 0) is 19.4 Å². The number of anilines is 2. The second kappa shape index (κ2) is 8.31. The Morgan fingerprint density at radius 3 is 2.43 bits per heavy atom. The van der Waals surface area contributed by atoms with E-state index >= 15 is 0 Å². The second-order valence-corrected chi connectivity index (χ2v) is 8.32. The van der Waals surface area contributed by atoms with Crippen molar-refractivity contribution in [3.8, 4) is 0 Å². The maximum Gasteiger partial charge on any atom is 0.225 e. The summed E-state index contributed by atoms with van der Waals surface area (Å²) in [4.78, 5) is 22.9. The molecule has 1 rings (SSSR count). The first-order valence-electron chi connectivity index (χ1n) is 7.16. The molecule has 0 radical (unpaired) electrons. The minimum Gasteiger partial charge on any atom is -0.326 e. The lowest BCUT2D eigenvalue weighted by Crippen LogP contribution is -2.21. The average molecular weight is 361 g/mol. The van der Waals surface area contributed by atoms with E-state index in [1.165, 1.54) is 19.1 Å². The van der Waals surface area contributed by atoms with Crippen LogP contribution in [0.15, 0.2) is 18.2 Å². The molecule has 0 bridgehead atoms. The van der Waals surface area contributed by atoms with Crippen molar-refractivity contribution in [2.24, 2.45) is 5.92 Å². The van der Waals surface area contributed by atoms with Crippen LogP contribution >= 0.6 is 11.6 Å². The largest absolute Gasteiger partial charge is 0.326 e. The molecule has 128 valence electrons. The molecule has 1 aromatic rings. The van der Waals surface area contributed by atoms with Crippen LogP contribution in [0.5, 0.6) is 0 Å². The number of benzene rings is 1. The van der Waals surface area contributed by atoms with E-state index in [1.807, 2.05) is 13.8 Å². The van der Waals surface area contributed by atoms with Gasteiger partial charge in [0.2, 0.25) is 11.8 Å². The molecule has 23 heavy (non-hydrogen) atoms. The number of nitrogens with one attached hydrogen (secondary N) is 2. The molecular weight excluding hydrogens is 340 g/mol. The molecule has 0 atom stereocenters. The van der Waals surface area contributed by atoms with E-state index in [9.17, 15) is 18.0 Å². The summed E-state index contributed by atoms with van der Waals surface area (Å²) in [5.74, 6) is -0.792. The highest BCUT2D eigenvalue weighted by Crippen LogP contribution is 2.25. The van der Waals surface area contributed by atoms with Crippen molar-refractivity contribution < 1.29 is 18.0 Å². The van der Waals surface area contributed by atoms with Gasteiger partial charge in [-0.2, -0.15) is 0 Å². The Bertz CT molecular complexity index is 687.